The molecule has 0 atom stereocenters. The van der Waals surface area contributed by atoms with Crippen LogP contribution >= 0.6 is 0 Å². The molecule has 2 amide bonds. The smallest absolute Gasteiger partial charge is 0.253 e. The number of ether oxygens (including phenoxy) is 1. The maximum atomic E-state index is 12.5. The van der Waals surface area contributed by atoms with Crippen molar-refractivity contribution in [2.24, 2.45) is 0 Å². The zero-order valence-electron chi connectivity index (χ0n) is 15.4. The molecule has 142 valence electrons. The third-order valence-corrected chi connectivity index (χ3v) is 4.61. The molecule has 1 heterocycles. The first kappa shape index (κ1) is 18.8. The number of benzene rings is 2. The fourth-order valence-electron chi connectivity index (χ4n) is 3.06. The van der Waals surface area contributed by atoms with Gasteiger partial charge in [-0.05, 0) is 48.9 Å². The van der Waals surface area contributed by atoms with E-state index >= 15 is 0 Å². The summed E-state index contributed by atoms with van der Waals surface area (Å²) in [5.74, 6) is 0.867. The minimum absolute atomic E-state index is 0.0411. The third kappa shape index (κ3) is 5.00. The van der Waals surface area contributed by atoms with Gasteiger partial charge in [0.15, 0.2) is 0 Å². The van der Waals surface area contributed by atoms with Crippen molar-refractivity contribution in [2.45, 2.75) is 13.3 Å². The van der Waals surface area contributed by atoms with Gasteiger partial charge >= 0.3 is 0 Å². The van der Waals surface area contributed by atoms with Crippen LogP contribution in [-0.4, -0.2) is 59.5 Å². The summed E-state index contributed by atoms with van der Waals surface area (Å²) in [5, 5.41) is 9.32. The molecule has 1 aliphatic rings. The van der Waals surface area contributed by atoms with Gasteiger partial charge in [-0.25, -0.2) is 0 Å². The standard InChI is InChI=1S/C21H24N2O4/c1-16-3-2-4-19(15-16)27-14-9-20(25)22-10-12-23(13-11-22)21(26)17-5-7-18(24)8-6-17/h2-8,15,24H,9-14H2,1H3. The lowest BCUT2D eigenvalue weighted by Gasteiger charge is -2.34. The minimum Gasteiger partial charge on any atom is -0.508 e. The van der Waals surface area contributed by atoms with Crippen LogP contribution in [0.15, 0.2) is 48.5 Å². The second-order valence-corrected chi connectivity index (χ2v) is 6.63. The van der Waals surface area contributed by atoms with E-state index in [9.17, 15) is 14.7 Å². The summed E-state index contributed by atoms with van der Waals surface area (Å²) in [6, 6.07) is 14.0. The number of rotatable bonds is 5. The molecule has 0 spiro atoms. The Hall–Kier alpha value is -3.02. The average molecular weight is 368 g/mol. The van der Waals surface area contributed by atoms with E-state index in [1.807, 2.05) is 31.2 Å². The highest BCUT2D eigenvalue weighted by Gasteiger charge is 2.24. The zero-order valence-corrected chi connectivity index (χ0v) is 15.4. The maximum absolute atomic E-state index is 12.5. The van der Waals surface area contributed by atoms with Crippen molar-refractivity contribution in [3.05, 3.63) is 59.7 Å². The lowest BCUT2D eigenvalue weighted by Crippen LogP contribution is -2.50. The number of amides is 2. The predicted octanol–water partition coefficient (Wildman–Crippen LogP) is 2.45. The van der Waals surface area contributed by atoms with Crippen molar-refractivity contribution in [2.75, 3.05) is 32.8 Å². The number of carbonyl (C=O) groups is 2. The number of hydrogen-bond acceptors (Lipinski definition) is 4. The molecule has 3 rings (SSSR count). The fourth-order valence-corrected chi connectivity index (χ4v) is 3.06. The maximum Gasteiger partial charge on any atom is 0.253 e. The molecular weight excluding hydrogens is 344 g/mol. The normalized spacial score (nSPS) is 14.1. The van der Waals surface area contributed by atoms with E-state index in [1.165, 1.54) is 12.1 Å². The summed E-state index contributed by atoms with van der Waals surface area (Å²) in [4.78, 5) is 28.3. The molecule has 1 saturated heterocycles. The molecule has 2 aromatic rings. The molecule has 1 N–H and O–H groups in total. The quantitative estimate of drug-likeness (QED) is 0.880. The average Bonchev–Trinajstić information content (AvgIpc) is 2.68. The van der Waals surface area contributed by atoms with Crippen molar-refractivity contribution >= 4 is 11.8 Å². The summed E-state index contributed by atoms with van der Waals surface area (Å²) >= 11 is 0. The van der Waals surface area contributed by atoms with E-state index in [4.69, 9.17) is 4.74 Å². The Morgan fingerprint density at radius 3 is 2.33 bits per heavy atom. The highest BCUT2D eigenvalue weighted by molar-refractivity contribution is 5.94. The molecule has 27 heavy (non-hydrogen) atoms. The van der Waals surface area contributed by atoms with Crippen LogP contribution in [0.25, 0.3) is 0 Å². The first-order chi connectivity index (χ1) is 13.0. The molecule has 6 heteroatoms. The summed E-state index contributed by atoms with van der Waals surface area (Å²) in [6.07, 6.45) is 0.319. The molecule has 2 aromatic carbocycles. The summed E-state index contributed by atoms with van der Waals surface area (Å²) in [5.41, 5.74) is 1.66. The van der Waals surface area contributed by atoms with E-state index in [0.29, 0.717) is 44.8 Å². The largest absolute Gasteiger partial charge is 0.508 e. The number of piperazine rings is 1. The highest BCUT2D eigenvalue weighted by atomic mass is 16.5. The third-order valence-electron chi connectivity index (χ3n) is 4.61. The van der Waals surface area contributed by atoms with E-state index < -0.39 is 0 Å². The SMILES string of the molecule is Cc1cccc(OCCC(=O)N2CCN(C(=O)c3ccc(O)cc3)CC2)c1. The van der Waals surface area contributed by atoms with E-state index in [-0.39, 0.29) is 17.6 Å². The first-order valence-electron chi connectivity index (χ1n) is 9.08. The van der Waals surface area contributed by atoms with Crippen molar-refractivity contribution in [3.8, 4) is 11.5 Å². The topological polar surface area (TPSA) is 70.1 Å². The van der Waals surface area contributed by atoms with Gasteiger partial charge in [0.2, 0.25) is 5.91 Å². The number of aryl methyl sites for hydroxylation is 1. The summed E-state index contributed by atoms with van der Waals surface area (Å²) in [7, 11) is 0. The number of nitrogens with zero attached hydrogens (tertiary/aromatic N) is 2. The van der Waals surface area contributed by atoms with Crippen molar-refractivity contribution in [1.82, 2.24) is 9.80 Å². The van der Waals surface area contributed by atoms with Gasteiger partial charge in [0.05, 0.1) is 13.0 Å². The fraction of sp³-hybridized carbons (Fsp3) is 0.333. The Morgan fingerprint density at radius 2 is 1.67 bits per heavy atom. The number of aromatic hydroxyl groups is 1. The van der Waals surface area contributed by atoms with Gasteiger partial charge in [-0.2, -0.15) is 0 Å². The van der Waals surface area contributed by atoms with E-state index in [1.54, 1.807) is 21.9 Å². The molecule has 0 saturated carbocycles. The number of hydrogen-bond donors (Lipinski definition) is 1. The second kappa shape index (κ2) is 8.58. The number of phenols is 1. The lowest BCUT2D eigenvalue weighted by molar-refractivity contribution is -0.133. The van der Waals surface area contributed by atoms with Crippen molar-refractivity contribution in [3.63, 3.8) is 0 Å². The number of phenolic OH excluding ortho intramolecular Hbond substituents is 1. The molecule has 0 unspecified atom stereocenters. The lowest BCUT2D eigenvalue weighted by atomic mass is 10.1. The molecule has 1 aliphatic heterocycles. The van der Waals surface area contributed by atoms with Gasteiger partial charge in [0.1, 0.15) is 11.5 Å². The Bertz CT molecular complexity index is 796. The first-order valence-corrected chi connectivity index (χ1v) is 9.08. The molecule has 0 bridgehead atoms. The molecular formula is C21H24N2O4. The zero-order chi connectivity index (χ0) is 19.2. The van der Waals surface area contributed by atoms with Crippen molar-refractivity contribution < 1.29 is 19.4 Å². The molecule has 0 aromatic heterocycles. The van der Waals surface area contributed by atoms with Crippen LogP contribution in [0.4, 0.5) is 0 Å². The van der Waals surface area contributed by atoms with Crippen LogP contribution in [0.1, 0.15) is 22.3 Å². The van der Waals surface area contributed by atoms with Crippen LogP contribution in [0.5, 0.6) is 11.5 Å². The van der Waals surface area contributed by atoms with Gasteiger partial charge in [-0.15, -0.1) is 0 Å². The number of carbonyl (C=O) groups excluding carboxylic acids is 2. The summed E-state index contributed by atoms with van der Waals surface area (Å²) in [6.45, 7) is 4.39. The Kier molecular flexibility index (Phi) is 5.96. The second-order valence-electron chi connectivity index (χ2n) is 6.63. The van der Waals surface area contributed by atoms with Crippen LogP contribution < -0.4 is 4.74 Å². The van der Waals surface area contributed by atoms with Crippen LogP contribution in [-0.2, 0) is 4.79 Å². The van der Waals surface area contributed by atoms with Gasteiger partial charge in [0, 0.05) is 31.7 Å². The van der Waals surface area contributed by atoms with Gasteiger partial charge in [0.25, 0.3) is 5.91 Å². The molecule has 0 radical (unpaired) electrons. The predicted molar refractivity (Wildman–Crippen MR) is 102 cm³/mol. The van der Waals surface area contributed by atoms with E-state index in [0.717, 1.165) is 11.3 Å². The monoisotopic (exact) mass is 368 g/mol. The Labute approximate surface area is 159 Å². The Balaban J connectivity index is 1.43. The van der Waals surface area contributed by atoms with Gasteiger partial charge in [-0.1, -0.05) is 12.1 Å². The molecule has 1 fully saturated rings. The van der Waals surface area contributed by atoms with Crippen LogP contribution in [0.2, 0.25) is 0 Å². The molecule has 6 nitrogen and oxygen atoms in total. The highest BCUT2D eigenvalue weighted by Crippen LogP contribution is 2.15. The van der Waals surface area contributed by atoms with Crippen LogP contribution in [0, 0.1) is 6.92 Å². The van der Waals surface area contributed by atoms with E-state index in [2.05, 4.69) is 0 Å². The summed E-state index contributed by atoms with van der Waals surface area (Å²) < 4.78 is 5.64. The molecule has 0 aliphatic carbocycles. The van der Waals surface area contributed by atoms with Crippen LogP contribution in [0.3, 0.4) is 0 Å². The van der Waals surface area contributed by atoms with Gasteiger partial charge < -0.3 is 19.6 Å². The minimum atomic E-state index is -0.0788. The Morgan fingerprint density at radius 1 is 1.00 bits per heavy atom. The van der Waals surface area contributed by atoms with Crippen molar-refractivity contribution in [1.29, 1.82) is 0 Å². The van der Waals surface area contributed by atoms with Gasteiger partial charge in [-0.3, -0.25) is 9.59 Å².